The van der Waals surface area contributed by atoms with Crippen LogP contribution in [0.3, 0.4) is 0 Å². The van der Waals surface area contributed by atoms with E-state index in [1.807, 2.05) is 0 Å². The number of primary amides is 1. The SMILES string of the molecule is CCOC(=O)C[C@@H](c1ccc([N+](=O)[O-])cc1)[C@H](NC(=O)[C@@H]1CCOC1)C(N)=O. The number of benzene rings is 1. The lowest BCUT2D eigenvalue weighted by molar-refractivity contribution is -0.384. The van der Waals surface area contributed by atoms with Gasteiger partial charge in [-0.25, -0.2) is 0 Å². The average molecular weight is 393 g/mol. The zero-order chi connectivity index (χ0) is 20.7. The summed E-state index contributed by atoms with van der Waals surface area (Å²) in [5, 5.41) is 13.5. The number of amides is 2. The molecule has 10 heteroatoms. The van der Waals surface area contributed by atoms with E-state index < -0.39 is 40.6 Å². The van der Waals surface area contributed by atoms with Gasteiger partial charge in [-0.3, -0.25) is 24.5 Å². The lowest BCUT2D eigenvalue weighted by Gasteiger charge is -2.26. The van der Waals surface area contributed by atoms with Gasteiger partial charge < -0.3 is 20.5 Å². The van der Waals surface area contributed by atoms with E-state index in [-0.39, 0.29) is 25.3 Å². The number of nitrogens with zero attached hydrogens (tertiary/aromatic N) is 1. The maximum Gasteiger partial charge on any atom is 0.306 e. The van der Waals surface area contributed by atoms with Crippen molar-refractivity contribution in [3.05, 3.63) is 39.9 Å². The van der Waals surface area contributed by atoms with Crippen molar-refractivity contribution in [2.75, 3.05) is 19.8 Å². The molecule has 2 rings (SSSR count). The third kappa shape index (κ3) is 5.49. The Morgan fingerprint density at radius 3 is 2.54 bits per heavy atom. The minimum Gasteiger partial charge on any atom is -0.466 e. The number of nitrogens with one attached hydrogen (secondary N) is 1. The van der Waals surface area contributed by atoms with Crippen molar-refractivity contribution < 1.29 is 28.8 Å². The maximum atomic E-state index is 12.4. The summed E-state index contributed by atoms with van der Waals surface area (Å²) in [6.45, 7) is 2.50. The van der Waals surface area contributed by atoms with Gasteiger partial charge in [-0.1, -0.05) is 12.1 Å². The standard InChI is InChI=1S/C18H23N3O7/c1-2-28-15(22)9-14(11-3-5-13(6-4-11)21(25)26)16(17(19)23)20-18(24)12-7-8-27-10-12/h3-6,12,14,16H,2,7-10H2,1H3,(H2,19,23)(H,20,24)/t12-,14+,16+/m1/s1. The van der Waals surface area contributed by atoms with Crippen LogP contribution in [0.4, 0.5) is 5.69 Å². The van der Waals surface area contributed by atoms with E-state index >= 15 is 0 Å². The highest BCUT2D eigenvalue weighted by Gasteiger charge is 2.34. The number of carbonyl (C=O) groups excluding carboxylic acids is 3. The first-order chi connectivity index (χ1) is 13.3. The summed E-state index contributed by atoms with van der Waals surface area (Å²) < 4.78 is 10.1. The van der Waals surface area contributed by atoms with Gasteiger partial charge in [-0.15, -0.1) is 0 Å². The molecule has 0 aliphatic carbocycles. The molecule has 1 aromatic carbocycles. The summed E-state index contributed by atoms with van der Waals surface area (Å²) in [6, 6.07) is 4.21. The van der Waals surface area contributed by atoms with E-state index in [4.69, 9.17) is 15.2 Å². The van der Waals surface area contributed by atoms with Crippen LogP contribution in [0.2, 0.25) is 0 Å². The molecule has 0 radical (unpaired) electrons. The summed E-state index contributed by atoms with van der Waals surface area (Å²) in [5.41, 5.74) is 5.82. The van der Waals surface area contributed by atoms with Crippen LogP contribution in [0.25, 0.3) is 0 Å². The first-order valence-electron chi connectivity index (χ1n) is 8.90. The van der Waals surface area contributed by atoms with Crippen molar-refractivity contribution in [1.82, 2.24) is 5.32 Å². The molecule has 0 bridgehead atoms. The van der Waals surface area contributed by atoms with Gasteiger partial charge in [0.1, 0.15) is 6.04 Å². The minimum atomic E-state index is -1.18. The molecular weight excluding hydrogens is 370 g/mol. The topological polar surface area (TPSA) is 151 Å². The quantitative estimate of drug-likeness (QED) is 0.355. The lowest BCUT2D eigenvalue weighted by atomic mass is 9.87. The molecule has 0 aromatic heterocycles. The molecule has 1 saturated heterocycles. The van der Waals surface area contributed by atoms with Crippen LogP contribution in [0.1, 0.15) is 31.2 Å². The van der Waals surface area contributed by atoms with Gasteiger partial charge >= 0.3 is 5.97 Å². The maximum absolute atomic E-state index is 12.4. The van der Waals surface area contributed by atoms with E-state index in [1.165, 1.54) is 24.3 Å². The van der Waals surface area contributed by atoms with Crippen molar-refractivity contribution in [2.24, 2.45) is 11.7 Å². The van der Waals surface area contributed by atoms with E-state index in [0.29, 0.717) is 18.6 Å². The monoisotopic (exact) mass is 393 g/mol. The second kappa shape index (κ2) is 9.79. The van der Waals surface area contributed by atoms with Gasteiger partial charge in [0.25, 0.3) is 5.69 Å². The van der Waals surface area contributed by atoms with Crippen molar-refractivity contribution in [3.63, 3.8) is 0 Å². The number of hydrogen-bond donors (Lipinski definition) is 2. The molecule has 152 valence electrons. The highest BCUT2D eigenvalue weighted by Crippen LogP contribution is 2.27. The number of nitrogens with two attached hydrogens (primary N) is 1. The normalized spacial score (nSPS) is 18.1. The number of ether oxygens (including phenoxy) is 2. The average Bonchev–Trinajstić information content (AvgIpc) is 3.19. The molecule has 10 nitrogen and oxygen atoms in total. The Morgan fingerprint density at radius 2 is 2.04 bits per heavy atom. The molecule has 1 heterocycles. The van der Waals surface area contributed by atoms with Crippen LogP contribution in [0.15, 0.2) is 24.3 Å². The van der Waals surface area contributed by atoms with Gasteiger partial charge in [0.05, 0.1) is 30.5 Å². The van der Waals surface area contributed by atoms with Gasteiger partial charge in [0.2, 0.25) is 11.8 Å². The highest BCUT2D eigenvalue weighted by atomic mass is 16.6. The summed E-state index contributed by atoms with van der Waals surface area (Å²) in [6.07, 6.45) is 0.304. The molecule has 1 aliphatic heterocycles. The number of hydrogen-bond acceptors (Lipinski definition) is 7. The first-order valence-corrected chi connectivity index (χ1v) is 8.90. The van der Waals surface area contributed by atoms with Crippen LogP contribution < -0.4 is 11.1 Å². The highest BCUT2D eigenvalue weighted by molar-refractivity contribution is 5.89. The summed E-state index contributed by atoms with van der Waals surface area (Å²) in [5.74, 6) is -3.02. The molecular formula is C18H23N3O7. The van der Waals surface area contributed by atoms with Gasteiger partial charge in [0, 0.05) is 24.7 Å². The third-order valence-corrected chi connectivity index (χ3v) is 4.53. The van der Waals surface area contributed by atoms with Crippen LogP contribution in [-0.2, 0) is 23.9 Å². The molecule has 2 amide bonds. The molecule has 1 aromatic rings. The summed E-state index contributed by atoms with van der Waals surface area (Å²) >= 11 is 0. The zero-order valence-electron chi connectivity index (χ0n) is 15.5. The number of nitro benzene ring substituents is 1. The first kappa shape index (κ1) is 21.3. The number of carbonyl (C=O) groups is 3. The van der Waals surface area contributed by atoms with Gasteiger partial charge in [0.15, 0.2) is 0 Å². The van der Waals surface area contributed by atoms with Crippen LogP contribution in [0.5, 0.6) is 0 Å². The van der Waals surface area contributed by atoms with Crippen molar-refractivity contribution in [1.29, 1.82) is 0 Å². The second-order valence-corrected chi connectivity index (χ2v) is 6.41. The number of esters is 1. The number of non-ortho nitro benzene ring substituents is 1. The molecule has 0 unspecified atom stereocenters. The largest absolute Gasteiger partial charge is 0.466 e. The lowest BCUT2D eigenvalue weighted by Crippen LogP contribution is -2.50. The van der Waals surface area contributed by atoms with Crippen LogP contribution in [0, 0.1) is 16.0 Å². The Labute approximate surface area is 161 Å². The number of nitro groups is 1. The molecule has 0 spiro atoms. The van der Waals surface area contributed by atoms with Crippen LogP contribution in [-0.4, -0.2) is 48.6 Å². The molecule has 1 aliphatic rings. The van der Waals surface area contributed by atoms with Crippen molar-refractivity contribution >= 4 is 23.5 Å². The summed E-state index contributed by atoms with van der Waals surface area (Å²) in [7, 11) is 0. The van der Waals surface area contributed by atoms with E-state index in [2.05, 4.69) is 5.32 Å². The Bertz CT molecular complexity index is 729. The molecule has 0 saturated carbocycles. The van der Waals surface area contributed by atoms with E-state index in [1.54, 1.807) is 6.92 Å². The van der Waals surface area contributed by atoms with Crippen LogP contribution >= 0.6 is 0 Å². The smallest absolute Gasteiger partial charge is 0.306 e. The number of rotatable bonds is 9. The van der Waals surface area contributed by atoms with Gasteiger partial charge in [-0.2, -0.15) is 0 Å². The fourth-order valence-corrected chi connectivity index (χ4v) is 3.05. The third-order valence-electron chi connectivity index (χ3n) is 4.53. The van der Waals surface area contributed by atoms with E-state index in [0.717, 1.165) is 0 Å². The predicted molar refractivity (Wildman–Crippen MR) is 97.1 cm³/mol. The molecule has 1 fully saturated rings. The van der Waals surface area contributed by atoms with Gasteiger partial charge in [-0.05, 0) is 18.9 Å². The van der Waals surface area contributed by atoms with Crippen molar-refractivity contribution in [3.8, 4) is 0 Å². The Balaban J connectivity index is 2.29. The fraction of sp³-hybridized carbons (Fsp3) is 0.500. The zero-order valence-corrected chi connectivity index (χ0v) is 15.5. The Hall–Kier alpha value is -3.01. The minimum absolute atomic E-state index is 0.138. The summed E-state index contributed by atoms with van der Waals surface area (Å²) in [4.78, 5) is 46.9. The molecule has 28 heavy (non-hydrogen) atoms. The fourth-order valence-electron chi connectivity index (χ4n) is 3.05. The predicted octanol–water partition coefficient (Wildman–Crippen LogP) is 0.638. The Morgan fingerprint density at radius 1 is 1.36 bits per heavy atom. The van der Waals surface area contributed by atoms with E-state index in [9.17, 15) is 24.5 Å². The van der Waals surface area contributed by atoms with Crippen molar-refractivity contribution in [2.45, 2.75) is 31.7 Å². The molecule has 3 atom stereocenters. The Kier molecular flexibility index (Phi) is 7.44. The second-order valence-electron chi connectivity index (χ2n) is 6.41. The molecule has 3 N–H and O–H groups in total.